The molecule has 1 unspecified atom stereocenters. The van der Waals surface area contributed by atoms with Crippen molar-refractivity contribution >= 4 is 5.91 Å². The minimum Gasteiger partial charge on any atom is -0.493 e. The number of hydrogen-bond acceptors (Lipinski definition) is 5. The monoisotopic (exact) mass is 344 g/mol. The Bertz CT molecular complexity index is 596. The van der Waals surface area contributed by atoms with Crippen molar-refractivity contribution in [3.05, 3.63) is 17.7 Å². The van der Waals surface area contributed by atoms with E-state index in [9.17, 15) is 13.6 Å². The highest BCUT2D eigenvalue weighted by Crippen LogP contribution is 2.39. The number of nitrogens with one attached hydrogen (secondary N) is 2. The smallest absolute Gasteiger partial charge is 0.262 e. The van der Waals surface area contributed by atoms with Crippen molar-refractivity contribution in [2.24, 2.45) is 0 Å². The Hall–Kier alpha value is -2.09. The summed E-state index contributed by atoms with van der Waals surface area (Å²) in [5.74, 6) is -1.71. The van der Waals surface area contributed by atoms with Crippen LogP contribution in [-0.2, 0) is 11.2 Å². The second-order valence-corrected chi connectivity index (χ2v) is 5.53. The second-order valence-electron chi connectivity index (χ2n) is 5.53. The molecule has 134 valence electrons. The van der Waals surface area contributed by atoms with Gasteiger partial charge in [-0.1, -0.05) is 6.07 Å². The summed E-state index contributed by atoms with van der Waals surface area (Å²) in [6.07, 6.45) is -0.00308. The van der Waals surface area contributed by atoms with E-state index in [2.05, 4.69) is 10.6 Å². The largest absolute Gasteiger partial charge is 0.493 e. The molecule has 1 atom stereocenters. The van der Waals surface area contributed by atoms with Crippen molar-refractivity contribution in [3.8, 4) is 17.2 Å². The molecule has 1 saturated heterocycles. The van der Waals surface area contributed by atoms with Gasteiger partial charge in [0.05, 0.1) is 33.9 Å². The molecule has 1 heterocycles. The van der Waals surface area contributed by atoms with Gasteiger partial charge in [-0.2, -0.15) is 0 Å². The molecule has 0 aromatic heterocycles. The fourth-order valence-corrected chi connectivity index (χ4v) is 2.70. The maximum absolute atomic E-state index is 13.1. The van der Waals surface area contributed by atoms with E-state index in [0.29, 0.717) is 30.2 Å². The normalized spacial score (nSPS) is 19.0. The Morgan fingerprint density at radius 3 is 2.50 bits per heavy atom. The van der Waals surface area contributed by atoms with Gasteiger partial charge in [-0.25, -0.2) is 8.78 Å². The molecule has 2 N–H and O–H groups in total. The van der Waals surface area contributed by atoms with Crippen LogP contribution in [0, 0.1) is 0 Å². The van der Waals surface area contributed by atoms with Crippen LogP contribution >= 0.6 is 0 Å². The molecule has 0 spiro atoms. The molecule has 6 nitrogen and oxygen atoms in total. The van der Waals surface area contributed by atoms with Gasteiger partial charge in [-0.15, -0.1) is 0 Å². The summed E-state index contributed by atoms with van der Waals surface area (Å²) < 4.78 is 42.1. The molecule has 0 bridgehead atoms. The predicted octanol–water partition coefficient (Wildman–Crippen LogP) is 1.37. The van der Waals surface area contributed by atoms with Crippen LogP contribution in [0.5, 0.6) is 17.2 Å². The zero-order valence-corrected chi connectivity index (χ0v) is 13.9. The zero-order chi connectivity index (χ0) is 17.7. The lowest BCUT2D eigenvalue weighted by Gasteiger charge is -2.16. The molecular weight excluding hydrogens is 322 g/mol. The summed E-state index contributed by atoms with van der Waals surface area (Å²) in [5, 5.41) is 5.19. The molecule has 1 amide bonds. The number of rotatable bonds is 7. The van der Waals surface area contributed by atoms with Crippen molar-refractivity contribution in [2.45, 2.75) is 24.8 Å². The number of ether oxygens (including phenoxy) is 3. The number of methoxy groups -OCH3 is 3. The van der Waals surface area contributed by atoms with Gasteiger partial charge in [0.2, 0.25) is 11.7 Å². The maximum Gasteiger partial charge on any atom is 0.262 e. The first-order chi connectivity index (χ1) is 11.4. The van der Waals surface area contributed by atoms with E-state index in [-0.39, 0.29) is 0 Å². The molecule has 1 aliphatic rings. The Balaban J connectivity index is 1.96. The molecule has 0 saturated carbocycles. The Labute approximate surface area is 139 Å². The van der Waals surface area contributed by atoms with Crippen molar-refractivity contribution < 1.29 is 27.8 Å². The van der Waals surface area contributed by atoms with Gasteiger partial charge in [0.15, 0.2) is 11.5 Å². The number of carbonyl (C=O) groups is 1. The summed E-state index contributed by atoms with van der Waals surface area (Å²) in [6, 6.07) is 2.71. The third kappa shape index (κ3) is 4.05. The summed E-state index contributed by atoms with van der Waals surface area (Å²) >= 11 is 0. The van der Waals surface area contributed by atoms with Crippen LogP contribution in [0.4, 0.5) is 8.78 Å². The number of benzene rings is 1. The van der Waals surface area contributed by atoms with E-state index in [0.717, 1.165) is 5.56 Å². The first-order valence-electron chi connectivity index (χ1n) is 7.58. The van der Waals surface area contributed by atoms with Gasteiger partial charge in [0.1, 0.15) is 0 Å². The van der Waals surface area contributed by atoms with Crippen LogP contribution < -0.4 is 24.8 Å². The van der Waals surface area contributed by atoms with Crippen LogP contribution in [0.15, 0.2) is 12.1 Å². The van der Waals surface area contributed by atoms with Gasteiger partial charge in [0.25, 0.3) is 5.92 Å². The Morgan fingerprint density at radius 2 is 1.96 bits per heavy atom. The van der Waals surface area contributed by atoms with Crippen LogP contribution in [-0.4, -0.2) is 52.3 Å². The van der Waals surface area contributed by atoms with E-state index in [1.54, 1.807) is 6.07 Å². The lowest BCUT2D eigenvalue weighted by atomic mass is 10.1. The van der Waals surface area contributed by atoms with E-state index in [1.165, 1.54) is 21.3 Å². The molecule has 2 rings (SSSR count). The van der Waals surface area contributed by atoms with E-state index in [1.807, 2.05) is 6.07 Å². The molecule has 1 aromatic rings. The number of halogens is 2. The molecule has 24 heavy (non-hydrogen) atoms. The molecule has 0 aliphatic carbocycles. The number of carbonyl (C=O) groups excluding carboxylic acids is 1. The first-order valence-corrected chi connectivity index (χ1v) is 7.58. The van der Waals surface area contributed by atoms with Gasteiger partial charge in [-0.05, 0) is 12.5 Å². The SMILES string of the molecule is COc1ccc(CCNC(=O)C2CC(F)(F)CN2)c(OC)c1OC. The third-order valence-corrected chi connectivity index (χ3v) is 3.91. The highest BCUT2D eigenvalue weighted by atomic mass is 19.3. The average Bonchev–Trinajstić information content (AvgIpc) is 2.93. The number of amides is 1. The van der Waals surface area contributed by atoms with Crippen molar-refractivity contribution in [3.63, 3.8) is 0 Å². The molecular formula is C16H22F2N2O4. The third-order valence-electron chi connectivity index (χ3n) is 3.91. The fraction of sp³-hybridized carbons (Fsp3) is 0.562. The number of hydrogen-bond donors (Lipinski definition) is 2. The summed E-state index contributed by atoms with van der Waals surface area (Å²) in [4.78, 5) is 11.9. The van der Waals surface area contributed by atoms with Crippen LogP contribution in [0.3, 0.4) is 0 Å². The van der Waals surface area contributed by atoms with Gasteiger partial charge < -0.3 is 19.5 Å². The zero-order valence-electron chi connectivity index (χ0n) is 13.9. The standard InChI is InChI=1S/C16H22F2N2O4/c1-22-12-5-4-10(13(23-2)14(12)24-3)6-7-19-15(21)11-8-16(17,18)9-20-11/h4-5,11,20H,6-9H2,1-3H3,(H,19,21). The molecule has 0 radical (unpaired) electrons. The highest BCUT2D eigenvalue weighted by molar-refractivity contribution is 5.82. The minimum absolute atomic E-state index is 0.300. The van der Waals surface area contributed by atoms with Crippen LogP contribution in [0.25, 0.3) is 0 Å². The van der Waals surface area contributed by atoms with Gasteiger partial charge in [-0.3, -0.25) is 10.1 Å². The Morgan fingerprint density at radius 1 is 1.25 bits per heavy atom. The fourth-order valence-electron chi connectivity index (χ4n) is 2.70. The van der Waals surface area contributed by atoms with Gasteiger partial charge >= 0.3 is 0 Å². The van der Waals surface area contributed by atoms with Crippen molar-refractivity contribution in [2.75, 3.05) is 34.4 Å². The van der Waals surface area contributed by atoms with Crippen molar-refractivity contribution in [1.29, 1.82) is 0 Å². The Kier molecular flexibility index (Phi) is 5.82. The quantitative estimate of drug-likeness (QED) is 0.782. The lowest BCUT2D eigenvalue weighted by molar-refractivity contribution is -0.123. The summed E-state index contributed by atoms with van der Waals surface area (Å²) in [5.41, 5.74) is 0.820. The molecule has 8 heteroatoms. The lowest BCUT2D eigenvalue weighted by Crippen LogP contribution is -2.41. The number of alkyl halides is 2. The maximum atomic E-state index is 13.1. The van der Waals surface area contributed by atoms with E-state index in [4.69, 9.17) is 14.2 Å². The van der Waals surface area contributed by atoms with E-state index >= 15 is 0 Å². The van der Waals surface area contributed by atoms with Crippen molar-refractivity contribution in [1.82, 2.24) is 10.6 Å². The summed E-state index contributed by atoms with van der Waals surface area (Å²) in [6.45, 7) is -0.164. The first kappa shape index (κ1) is 18.3. The highest BCUT2D eigenvalue weighted by Gasteiger charge is 2.42. The topological polar surface area (TPSA) is 68.8 Å². The molecule has 1 fully saturated rings. The van der Waals surface area contributed by atoms with E-state index < -0.39 is 30.8 Å². The molecule has 1 aromatic carbocycles. The summed E-state index contributed by atoms with van der Waals surface area (Å²) in [7, 11) is 4.56. The second kappa shape index (κ2) is 7.65. The van der Waals surface area contributed by atoms with Gasteiger partial charge in [0, 0.05) is 18.5 Å². The van der Waals surface area contributed by atoms with Crippen LogP contribution in [0.2, 0.25) is 0 Å². The van der Waals surface area contributed by atoms with Crippen LogP contribution in [0.1, 0.15) is 12.0 Å². The predicted molar refractivity (Wildman–Crippen MR) is 84.2 cm³/mol. The molecule has 1 aliphatic heterocycles. The minimum atomic E-state index is -2.82. The average molecular weight is 344 g/mol.